The van der Waals surface area contributed by atoms with Crippen LogP contribution >= 0.6 is 0 Å². The van der Waals surface area contributed by atoms with E-state index in [1.807, 2.05) is 54.5 Å². The topological polar surface area (TPSA) is 50.6 Å². The molecule has 26 heavy (non-hydrogen) atoms. The van der Waals surface area contributed by atoms with Crippen molar-refractivity contribution in [2.45, 2.75) is 32.9 Å². The molecule has 1 fully saturated rings. The number of carbonyl (C=O) groups excluding carboxylic acids is 1. The van der Waals surface area contributed by atoms with Crippen LogP contribution in [0.15, 0.2) is 42.7 Å². The minimum absolute atomic E-state index is 0.0661. The third-order valence-corrected chi connectivity index (χ3v) is 4.86. The molecular weight excluding hydrogens is 328 g/mol. The van der Waals surface area contributed by atoms with Gasteiger partial charge in [-0.25, -0.2) is 4.98 Å². The highest BCUT2D eigenvalue weighted by molar-refractivity contribution is 5.81. The first-order chi connectivity index (χ1) is 12.7. The first-order valence-electron chi connectivity index (χ1n) is 9.40. The SMILES string of the molecule is CCc1nccn1CCN1CCN(C(=O)C(C)Oc2ccccc2)CC1. The van der Waals surface area contributed by atoms with E-state index < -0.39 is 6.10 Å². The van der Waals surface area contributed by atoms with Crippen LogP contribution < -0.4 is 4.74 Å². The molecule has 1 saturated heterocycles. The molecule has 3 rings (SSSR count). The fourth-order valence-electron chi connectivity index (χ4n) is 3.31. The summed E-state index contributed by atoms with van der Waals surface area (Å²) in [5.74, 6) is 1.93. The van der Waals surface area contributed by atoms with Crippen LogP contribution in [0.4, 0.5) is 0 Å². The summed E-state index contributed by atoms with van der Waals surface area (Å²) in [6.07, 6.45) is 4.40. The summed E-state index contributed by atoms with van der Waals surface area (Å²) in [6, 6.07) is 9.52. The number of imidazole rings is 1. The number of para-hydroxylation sites is 1. The standard InChI is InChI=1S/C20H28N4O2/c1-3-19-21-9-10-23(19)14-11-22-12-15-24(16-13-22)20(25)17(2)26-18-7-5-4-6-8-18/h4-10,17H,3,11-16H2,1-2H3. The smallest absolute Gasteiger partial charge is 0.263 e. The van der Waals surface area contributed by atoms with Gasteiger partial charge in [0.1, 0.15) is 11.6 Å². The van der Waals surface area contributed by atoms with Gasteiger partial charge in [0.25, 0.3) is 5.91 Å². The average molecular weight is 356 g/mol. The van der Waals surface area contributed by atoms with Crippen LogP contribution in [0.25, 0.3) is 0 Å². The van der Waals surface area contributed by atoms with Gasteiger partial charge in [-0.3, -0.25) is 9.69 Å². The lowest BCUT2D eigenvalue weighted by molar-refractivity contribution is -0.139. The van der Waals surface area contributed by atoms with Gasteiger partial charge in [-0.05, 0) is 19.1 Å². The summed E-state index contributed by atoms with van der Waals surface area (Å²) in [5.41, 5.74) is 0. The Kier molecular flexibility index (Phi) is 6.28. The normalized spacial score (nSPS) is 16.5. The summed E-state index contributed by atoms with van der Waals surface area (Å²) in [4.78, 5) is 21.3. The molecule has 0 spiro atoms. The summed E-state index contributed by atoms with van der Waals surface area (Å²) < 4.78 is 7.98. The van der Waals surface area contributed by atoms with Crippen molar-refractivity contribution in [1.29, 1.82) is 0 Å². The number of ether oxygens (including phenoxy) is 1. The van der Waals surface area contributed by atoms with Crippen molar-refractivity contribution in [2.75, 3.05) is 32.7 Å². The zero-order chi connectivity index (χ0) is 18.4. The Morgan fingerprint density at radius 2 is 1.88 bits per heavy atom. The maximum Gasteiger partial charge on any atom is 0.263 e. The van der Waals surface area contributed by atoms with Crippen LogP contribution in [0.5, 0.6) is 5.75 Å². The molecule has 0 N–H and O–H groups in total. The number of hydrogen-bond donors (Lipinski definition) is 0. The number of nitrogens with zero attached hydrogens (tertiary/aromatic N) is 4. The van der Waals surface area contributed by atoms with E-state index in [4.69, 9.17) is 4.74 Å². The number of piperazine rings is 1. The zero-order valence-corrected chi connectivity index (χ0v) is 15.7. The summed E-state index contributed by atoms with van der Waals surface area (Å²) in [5, 5.41) is 0. The van der Waals surface area contributed by atoms with E-state index >= 15 is 0 Å². The summed E-state index contributed by atoms with van der Waals surface area (Å²) in [6.45, 7) is 9.21. The molecule has 1 aliphatic heterocycles. The molecule has 1 aromatic carbocycles. The Balaban J connectivity index is 1.43. The highest BCUT2D eigenvalue weighted by Gasteiger charge is 2.25. The molecule has 1 aliphatic rings. The zero-order valence-electron chi connectivity index (χ0n) is 15.7. The number of hydrogen-bond acceptors (Lipinski definition) is 4. The lowest BCUT2D eigenvalue weighted by Crippen LogP contribution is -2.52. The molecule has 0 radical (unpaired) electrons. The van der Waals surface area contributed by atoms with Crippen LogP contribution in [0, 0.1) is 0 Å². The van der Waals surface area contributed by atoms with E-state index in [1.165, 1.54) is 0 Å². The van der Waals surface area contributed by atoms with Crippen LogP contribution in [0.2, 0.25) is 0 Å². The van der Waals surface area contributed by atoms with Crippen molar-refractivity contribution >= 4 is 5.91 Å². The van der Waals surface area contributed by atoms with E-state index in [2.05, 4.69) is 21.4 Å². The minimum Gasteiger partial charge on any atom is -0.481 e. The molecule has 1 unspecified atom stereocenters. The van der Waals surface area contributed by atoms with Crippen molar-refractivity contribution in [3.05, 3.63) is 48.5 Å². The fourth-order valence-corrected chi connectivity index (χ4v) is 3.31. The minimum atomic E-state index is -0.456. The van der Waals surface area contributed by atoms with Gasteiger partial charge >= 0.3 is 0 Å². The van der Waals surface area contributed by atoms with Crippen LogP contribution in [0.3, 0.4) is 0 Å². The maximum absolute atomic E-state index is 12.6. The van der Waals surface area contributed by atoms with E-state index in [-0.39, 0.29) is 5.91 Å². The molecular formula is C20H28N4O2. The second-order valence-electron chi connectivity index (χ2n) is 6.63. The lowest BCUT2D eigenvalue weighted by Gasteiger charge is -2.36. The monoisotopic (exact) mass is 356 g/mol. The fraction of sp³-hybridized carbons (Fsp3) is 0.500. The molecule has 0 aliphatic carbocycles. The molecule has 1 atom stereocenters. The van der Waals surface area contributed by atoms with Crippen molar-refractivity contribution in [2.24, 2.45) is 0 Å². The molecule has 1 amide bonds. The van der Waals surface area contributed by atoms with Crippen LogP contribution in [0.1, 0.15) is 19.7 Å². The Morgan fingerprint density at radius 3 is 2.58 bits per heavy atom. The molecule has 6 heteroatoms. The first kappa shape index (κ1) is 18.5. The van der Waals surface area contributed by atoms with Crippen molar-refractivity contribution in [3.63, 3.8) is 0 Å². The highest BCUT2D eigenvalue weighted by Crippen LogP contribution is 2.13. The van der Waals surface area contributed by atoms with Gasteiger partial charge in [-0.15, -0.1) is 0 Å². The van der Waals surface area contributed by atoms with Crippen molar-refractivity contribution < 1.29 is 9.53 Å². The van der Waals surface area contributed by atoms with Crippen LogP contribution in [-0.2, 0) is 17.8 Å². The van der Waals surface area contributed by atoms with Gasteiger partial charge in [-0.1, -0.05) is 25.1 Å². The Bertz CT molecular complexity index is 693. The first-order valence-corrected chi connectivity index (χ1v) is 9.40. The van der Waals surface area contributed by atoms with Gasteiger partial charge in [0.05, 0.1) is 0 Å². The molecule has 0 saturated carbocycles. The summed E-state index contributed by atoms with van der Waals surface area (Å²) in [7, 11) is 0. The second kappa shape index (κ2) is 8.85. The third kappa shape index (κ3) is 4.64. The molecule has 6 nitrogen and oxygen atoms in total. The largest absolute Gasteiger partial charge is 0.481 e. The van der Waals surface area contributed by atoms with Crippen LogP contribution in [-0.4, -0.2) is 64.1 Å². The predicted octanol–water partition coefficient (Wildman–Crippen LogP) is 2.06. The number of carbonyl (C=O) groups is 1. The Hall–Kier alpha value is -2.34. The molecule has 1 aromatic heterocycles. The van der Waals surface area contributed by atoms with E-state index in [0.29, 0.717) is 0 Å². The molecule has 0 bridgehead atoms. The maximum atomic E-state index is 12.6. The number of aromatic nitrogens is 2. The van der Waals surface area contributed by atoms with E-state index in [1.54, 1.807) is 0 Å². The predicted molar refractivity (Wildman–Crippen MR) is 101 cm³/mol. The van der Waals surface area contributed by atoms with Gasteiger partial charge in [0, 0.05) is 58.1 Å². The van der Waals surface area contributed by atoms with Crippen molar-refractivity contribution in [1.82, 2.24) is 19.4 Å². The van der Waals surface area contributed by atoms with E-state index in [0.717, 1.165) is 57.3 Å². The number of rotatable bonds is 7. The number of amides is 1. The second-order valence-corrected chi connectivity index (χ2v) is 6.63. The van der Waals surface area contributed by atoms with Gasteiger partial charge in [-0.2, -0.15) is 0 Å². The average Bonchev–Trinajstić information content (AvgIpc) is 3.14. The Morgan fingerprint density at radius 1 is 1.15 bits per heavy atom. The summed E-state index contributed by atoms with van der Waals surface area (Å²) >= 11 is 0. The quantitative estimate of drug-likeness (QED) is 0.762. The Labute approximate surface area is 155 Å². The molecule has 140 valence electrons. The number of aryl methyl sites for hydroxylation is 1. The van der Waals surface area contributed by atoms with Gasteiger partial charge < -0.3 is 14.2 Å². The third-order valence-electron chi connectivity index (χ3n) is 4.86. The molecule has 2 aromatic rings. The van der Waals surface area contributed by atoms with Gasteiger partial charge in [0.2, 0.25) is 0 Å². The van der Waals surface area contributed by atoms with Gasteiger partial charge in [0.15, 0.2) is 6.10 Å². The van der Waals surface area contributed by atoms with E-state index in [9.17, 15) is 4.79 Å². The molecule has 2 heterocycles. The highest BCUT2D eigenvalue weighted by atomic mass is 16.5. The lowest BCUT2D eigenvalue weighted by atomic mass is 10.2. The number of benzene rings is 1. The van der Waals surface area contributed by atoms with Crippen molar-refractivity contribution in [3.8, 4) is 5.75 Å².